The van der Waals surface area contributed by atoms with Gasteiger partial charge in [0.2, 0.25) is 11.8 Å². The Bertz CT molecular complexity index is 910. The van der Waals surface area contributed by atoms with Gasteiger partial charge in [0.1, 0.15) is 12.6 Å². The number of amides is 3. The smallest absolute Gasteiger partial charge is 0.407 e. The van der Waals surface area contributed by atoms with E-state index >= 15 is 0 Å². The van der Waals surface area contributed by atoms with Gasteiger partial charge in [-0.3, -0.25) is 13.8 Å². The summed E-state index contributed by atoms with van der Waals surface area (Å²) in [5, 5.41) is 14.8. The standard InChI is InChI=1S/C22H27N3O6S/c23-21(28)19(11-12-32(30)18-9-5-2-6-10-18)25-20(27)13-17(26)14-24-22(29)31-15-16-7-3-1-4-8-16/h1-10,17,19,26H,11-15H2,(H2,23,28)(H,24,29)(H,25,27)/t17-,19+,32+/m0/s1. The van der Waals surface area contributed by atoms with Crippen molar-refractivity contribution in [2.75, 3.05) is 12.3 Å². The van der Waals surface area contributed by atoms with Crippen molar-refractivity contribution < 1.29 is 28.4 Å². The fourth-order valence-corrected chi connectivity index (χ4v) is 3.86. The summed E-state index contributed by atoms with van der Waals surface area (Å²) >= 11 is 0. The number of carbonyl (C=O) groups excluding carboxylic acids is 3. The first-order valence-electron chi connectivity index (χ1n) is 10.00. The first-order valence-corrected chi connectivity index (χ1v) is 11.3. The van der Waals surface area contributed by atoms with E-state index in [1.807, 2.05) is 18.2 Å². The quantitative estimate of drug-likeness (QED) is 0.368. The molecule has 0 heterocycles. The monoisotopic (exact) mass is 461 g/mol. The highest BCUT2D eigenvalue weighted by molar-refractivity contribution is 7.85. The highest BCUT2D eigenvalue weighted by Gasteiger charge is 2.21. The summed E-state index contributed by atoms with van der Waals surface area (Å²) in [7, 11) is -1.34. The number of hydrogen-bond donors (Lipinski definition) is 4. The van der Waals surface area contributed by atoms with Gasteiger partial charge in [-0.25, -0.2) is 4.79 Å². The average molecular weight is 462 g/mol. The second kappa shape index (κ2) is 13.2. The molecule has 0 aromatic heterocycles. The first kappa shape index (κ1) is 25.0. The summed E-state index contributed by atoms with van der Waals surface area (Å²) < 4.78 is 17.3. The Morgan fingerprint density at radius 1 is 1.03 bits per heavy atom. The van der Waals surface area contributed by atoms with Crippen molar-refractivity contribution in [2.45, 2.75) is 36.5 Å². The van der Waals surface area contributed by atoms with E-state index in [4.69, 9.17) is 10.5 Å². The zero-order chi connectivity index (χ0) is 23.3. The van der Waals surface area contributed by atoms with Crippen LogP contribution in [0.5, 0.6) is 0 Å². The van der Waals surface area contributed by atoms with E-state index in [0.29, 0.717) is 4.90 Å². The lowest BCUT2D eigenvalue weighted by atomic mass is 10.2. The minimum absolute atomic E-state index is 0.0773. The fraction of sp³-hybridized carbons (Fsp3) is 0.318. The molecule has 0 saturated carbocycles. The largest absolute Gasteiger partial charge is 0.445 e. The summed E-state index contributed by atoms with van der Waals surface area (Å²) in [6, 6.07) is 16.8. The van der Waals surface area contributed by atoms with Gasteiger partial charge in [0.25, 0.3) is 0 Å². The maximum absolute atomic E-state index is 12.3. The maximum Gasteiger partial charge on any atom is 0.407 e. The topological polar surface area (TPSA) is 148 Å². The van der Waals surface area contributed by atoms with Crippen molar-refractivity contribution in [2.24, 2.45) is 5.73 Å². The third kappa shape index (κ3) is 9.27. The second-order valence-electron chi connectivity index (χ2n) is 6.97. The van der Waals surface area contributed by atoms with Crippen molar-refractivity contribution in [3.8, 4) is 0 Å². The van der Waals surface area contributed by atoms with Crippen LogP contribution in [-0.2, 0) is 31.7 Å². The van der Waals surface area contributed by atoms with Gasteiger partial charge in [-0.1, -0.05) is 48.5 Å². The van der Waals surface area contributed by atoms with Crippen LogP contribution in [0.3, 0.4) is 0 Å². The minimum Gasteiger partial charge on any atom is -0.445 e. The SMILES string of the molecule is NC(=O)[C@@H](CC[S@@](=O)c1ccccc1)NC(=O)C[C@H](O)CNC(=O)OCc1ccccc1. The molecule has 9 nitrogen and oxygen atoms in total. The number of primary amides is 1. The molecular weight excluding hydrogens is 434 g/mol. The summed E-state index contributed by atoms with van der Waals surface area (Å²) in [5.74, 6) is -1.25. The Hall–Kier alpha value is -3.24. The Morgan fingerprint density at radius 2 is 1.66 bits per heavy atom. The molecule has 3 amide bonds. The van der Waals surface area contributed by atoms with Crippen LogP contribution in [0.1, 0.15) is 18.4 Å². The highest BCUT2D eigenvalue weighted by Crippen LogP contribution is 2.08. The highest BCUT2D eigenvalue weighted by atomic mass is 32.2. The molecule has 32 heavy (non-hydrogen) atoms. The van der Waals surface area contributed by atoms with E-state index in [2.05, 4.69) is 10.6 Å². The van der Waals surface area contributed by atoms with Crippen molar-refractivity contribution >= 4 is 28.7 Å². The lowest BCUT2D eigenvalue weighted by Gasteiger charge is -2.17. The molecule has 0 aliphatic carbocycles. The van der Waals surface area contributed by atoms with Gasteiger partial charge in [0.15, 0.2) is 0 Å². The predicted octanol–water partition coefficient (Wildman–Crippen LogP) is 0.832. The second-order valence-corrected chi connectivity index (χ2v) is 8.55. The number of nitrogens with one attached hydrogen (secondary N) is 2. The lowest BCUT2D eigenvalue weighted by Crippen LogP contribution is -2.46. The molecule has 3 atom stereocenters. The summed E-state index contributed by atoms with van der Waals surface area (Å²) in [6.45, 7) is -0.131. The molecule has 0 bridgehead atoms. The number of nitrogens with two attached hydrogens (primary N) is 1. The number of rotatable bonds is 12. The van der Waals surface area contributed by atoms with Gasteiger partial charge in [0, 0.05) is 17.2 Å². The van der Waals surface area contributed by atoms with Gasteiger partial charge in [-0.2, -0.15) is 0 Å². The molecule has 172 valence electrons. The van der Waals surface area contributed by atoms with E-state index in [1.54, 1.807) is 42.5 Å². The van der Waals surface area contributed by atoms with E-state index in [-0.39, 0.29) is 31.7 Å². The van der Waals surface area contributed by atoms with Crippen LogP contribution in [0.2, 0.25) is 0 Å². The Morgan fingerprint density at radius 3 is 2.28 bits per heavy atom. The first-order chi connectivity index (χ1) is 15.3. The number of ether oxygens (including phenoxy) is 1. The van der Waals surface area contributed by atoms with E-state index in [9.17, 15) is 23.7 Å². The van der Waals surface area contributed by atoms with Crippen LogP contribution in [-0.4, -0.2) is 51.7 Å². The molecular formula is C22H27N3O6S. The van der Waals surface area contributed by atoms with Gasteiger partial charge >= 0.3 is 6.09 Å². The van der Waals surface area contributed by atoms with E-state index in [1.165, 1.54) is 0 Å². The molecule has 2 aromatic carbocycles. The zero-order valence-corrected chi connectivity index (χ0v) is 18.3. The molecule has 2 aromatic rings. The van der Waals surface area contributed by atoms with E-state index in [0.717, 1.165) is 5.56 Å². The average Bonchev–Trinajstić information content (AvgIpc) is 2.79. The van der Waals surface area contributed by atoms with Gasteiger partial charge in [0.05, 0.1) is 23.3 Å². The summed E-state index contributed by atoms with van der Waals surface area (Å²) in [6.07, 6.45) is -2.19. The molecule has 0 radical (unpaired) electrons. The lowest BCUT2D eigenvalue weighted by molar-refractivity contribution is -0.128. The van der Waals surface area contributed by atoms with Gasteiger partial charge in [-0.05, 0) is 24.1 Å². The molecule has 0 unspecified atom stereocenters. The molecule has 2 rings (SSSR count). The molecule has 0 spiro atoms. The number of aliphatic hydroxyl groups excluding tert-OH is 1. The molecule has 0 fully saturated rings. The number of hydrogen-bond acceptors (Lipinski definition) is 6. The summed E-state index contributed by atoms with van der Waals surface area (Å²) in [4.78, 5) is 36.1. The van der Waals surface area contributed by atoms with Gasteiger partial charge in [-0.15, -0.1) is 0 Å². The Labute approximate surface area is 188 Å². The van der Waals surface area contributed by atoms with Crippen LogP contribution in [0.25, 0.3) is 0 Å². The number of aliphatic hydroxyl groups is 1. The maximum atomic E-state index is 12.3. The molecule has 0 aliphatic rings. The van der Waals surface area contributed by atoms with Crippen LogP contribution >= 0.6 is 0 Å². The molecule has 0 saturated heterocycles. The number of alkyl carbamates (subject to hydrolysis) is 1. The fourth-order valence-electron chi connectivity index (χ4n) is 2.72. The normalized spacial score (nSPS) is 13.4. The van der Waals surface area contributed by atoms with Crippen LogP contribution in [0, 0.1) is 0 Å². The summed E-state index contributed by atoms with van der Waals surface area (Å²) in [5.41, 5.74) is 6.14. The van der Waals surface area contributed by atoms with Gasteiger partial charge < -0.3 is 26.2 Å². The molecule has 5 N–H and O–H groups in total. The molecule has 10 heteroatoms. The molecule has 0 aliphatic heterocycles. The van der Waals surface area contributed by atoms with E-state index < -0.39 is 40.9 Å². The number of carbonyl (C=O) groups is 3. The van der Waals surface area contributed by atoms with Crippen LogP contribution in [0.4, 0.5) is 4.79 Å². The third-order valence-electron chi connectivity index (χ3n) is 4.39. The predicted molar refractivity (Wildman–Crippen MR) is 119 cm³/mol. The Balaban J connectivity index is 1.70. The minimum atomic E-state index is -1.34. The van der Waals surface area contributed by atoms with Crippen molar-refractivity contribution in [1.29, 1.82) is 0 Å². The third-order valence-corrected chi connectivity index (χ3v) is 5.80. The van der Waals surface area contributed by atoms with Crippen LogP contribution in [0.15, 0.2) is 65.6 Å². The van der Waals surface area contributed by atoms with Crippen molar-refractivity contribution in [3.63, 3.8) is 0 Å². The Kier molecular flexibility index (Phi) is 10.3. The number of benzene rings is 2. The van der Waals surface area contributed by atoms with Crippen LogP contribution < -0.4 is 16.4 Å². The zero-order valence-electron chi connectivity index (χ0n) is 17.4. The van der Waals surface area contributed by atoms with Crippen molar-refractivity contribution in [1.82, 2.24) is 10.6 Å². The van der Waals surface area contributed by atoms with Crippen molar-refractivity contribution in [3.05, 3.63) is 66.2 Å².